The first-order valence-corrected chi connectivity index (χ1v) is 8.00. The standard InChI is InChI=1S/C18H16FN7.H3N.2H2/c19-13-6-2-1-5-11(13)9-21-18-22-10-12-16(25-18)23-14-7-3-4-8-15(14)24-17(12)26-20;;;/h1-8,10H,9,20H2,(H,24,26)(H2,21,22,23,25);1H3;2*1H. The number of nitrogens with zero attached hydrogens (tertiary/aromatic N) is 3. The molecule has 0 radical (unpaired) electrons. The van der Waals surface area contributed by atoms with Crippen molar-refractivity contribution in [3.05, 3.63) is 71.7 Å². The summed E-state index contributed by atoms with van der Waals surface area (Å²) in [6.07, 6.45) is 1.61. The molecule has 27 heavy (non-hydrogen) atoms. The van der Waals surface area contributed by atoms with E-state index in [1.165, 1.54) is 6.07 Å². The van der Waals surface area contributed by atoms with Crippen LogP contribution in [0, 0.1) is 5.82 Å². The summed E-state index contributed by atoms with van der Waals surface area (Å²) in [6.45, 7) is 0.276. The molecule has 0 saturated carbocycles. The van der Waals surface area contributed by atoms with E-state index in [1.54, 1.807) is 24.4 Å². The van der Waals surface area contributed by atoms with Gasteiger partial charge in [-0.15, -0.1) is 0 Å². The molecule has 9 heteroatoms. The van der Waals surface area contributed by atoms with Gasteiger partial charge in [-0.3, -0.25) is 0 Å². The highest BCUT2D eigenvalue weighted by molar-refractivity contribution is 6.06. The fraction of sp³-hybridized carbons (Fsp3) is 0.0556. The number of anilines is 3. The van der Waals surface area contributed by atoms with Crippen molar-refractivity contribution in [2.75, 3.05) is 10.6 Å². The second kappa shape index (κ2) is 7.77. The third kappa shape index (κ3) is 3.68. The zero-order valence-electron chi connectivity index (χ0n) is 14.4. The number of amidine groups is 1. The zero-order valence-corrected chi connectivity index (χ0v) is 14.4. The average Bonchev–Trinajstić information content (AvgIpc) is 2.83. The molecule has 0 bridgehead atoms. The van der Waals surface area contributed by atoms with E-state index in [-0.39, 0.29) is 21.4 Å². The van der Waals surface area contributed by atoms with Crippen molar-refractivity contribution in [2.24, 2.45) is 10.8 Å². The third-order valence-electron chi connectivity index (χ3n) is 3.96. The van der Waals surface area contributed by atoms with Gasteiger partial charge in [-0.2, -0.15) is 4.98 Å². The monoisotopic (exact) mass is 370 g/mol. The zero-order chi connectivity index (χ0) is 17.9. The lowest BCUT2D eigenvalue weighted by Gasteiger charge is -2.11. The Morgan fingerprint density at radius 2 is 1.89 bits per heavy atom. The summed E-state index contributed by atoms with van der Waals surface area (Å²) in [6, 6.07) is 14.1. The number of aromatic nitrogens is 2. The summed E-state index contributed by atoms with van der Waals surface area (Å²) in [7, 11) is 0. The maximum atomic E-state index is 13.8. The minimum absolute atomic E-state index is 0. The molecule has 142 valence electrons. The number of nitrogens with one attached hydrogen (secondary N) is 3. The lowest BCUT2D eigenvalue weighted by molar-refractivity contribution is 0.612. The fourth-order valence-corrected chi connectivity index (χ4v) is 2.65. The molecule has 3 aromatic rings. The number of hydrazine groups is 1. The van der Waals surface area contributed by atoms with Crippen LogP contribution in [0.3, 0.4) is 0 Å². The predicted octanol–water partition coefficient (Wildman–Crippen LogP) is 3.48. The molecule has 1 aliphatic heterocycles. The average molecular weight is 370 g/mol. The molecule has 1 aliphatic rings. The number of hydrogen-bond acceptors (Lipinski definition) is 8. The number of halogens is 1. The van der Waals surface area contributed by atoms with Crippen LogP contribution in [0.15, 0.2) is 59.7 Å². The first-order chi connectivity index (χ1) is 12.7. The number of para-hydroxylation sites is 2. The first kappa shape index (κ1) is 18.2. The Morgan fingerprint density at radius 1 is 1.11 bits per heavy atom. The molecule has 0 aliphatic carbocycles. The maximum Gasteiger partial charge on any atom is 0.224 e. The van der Waals surface area contributed by atoms with Crippen molar-refractivity contribution in [3.8, 4) is 0 Å². The third-order valence-corrected chi connectivity index (χ3v) is 3.96. The van der Waals surface area contributed by atoms with Gasteiger partial charge >= 0.3 is 0 Å². The largest absolute Gasteiger partial charge is 0.350 e. The van der Waals surface area contributed by atoms with Gasteiger partial charge in [0.1, 0.15) is 11.6 Å². The van der Waals surface area contributed by atoms with Gasteiger partial charge in [0.15, 0.2) is 5.84 Å². The Hall–Kier alpha value is -3.56. The summed E-state index contributed by atoms with van der Waals surface area (Å²) in [5.74, 6) is 6.72. The number of nitrogens with two attached hydrogens (primary N) is 1. The molecule has 0 spiro atoms. The molecule has 2 aromatic carbocycles. The van der Waals surface area contributed by atoms with Gasteiger partial charge in [0, 0.05) is 21.2 Å². The van der Waals surface area contributed by atoms with Crippen molar-refractivity contribution in [2.45, 2.75) is 6.54 Å². The number of fused-ring (bicyclic) bond motifs is 2. The first-order valence-electron chi connectivity index (χ1n) is 8.00. The van der Waals surface area contributed by atoms with E-state index in [1.807, 2.05) is 24.3 Å². The van der Waals surface area contributed by atoms with Crippen molar-refractivity contribution < 1.29 is 7.24 Å². The van der Waals surface area contributed by atoms with Crippen molar-refractivity contribution in [1.29, 1.82) is 0 Å². The minimum Gasteiger partial charge on any atom is -0.350 e. The topological polar surface area (TPSA) is 135 Å². The SMILES string of the molecule is N.NNC1=Nc2ccccc2Nc2nc(NCc3ccccc3F)ncc21.[HH].[HH]. The Bertz CT molecular complexity index is 999. The van der Waals surface area contributed by atoms with E-state index < -0.39 is 0 Å². The fourth-order valence-electron chi connectivity index (χ4n) is 2.65. The molecule has 2 heterocycles. The molecule has 0 fully saturated rings. The van der Waals surface area contributed by atoms with E-state index in [0.29, 0.717) is 28.7 Å². The smallest absolute Gasteiger partial charge is 0.224 e. The van der Waals surface area contributed by atoms with Crippen LogP contribution in [0.1, 0.15) is 14.0 Å². The molecule has 1 aromatic heterocycles. The van der Waals surface area contributed by atoms with Gasteiger partial charge in [-0.1, -0.05) is 30.3 Å². The quantitative estimate of drug-likeness (QED) is 0.352. The Morgan fingerprint density at radius 3 is 2.70 bits per heavy atom. The lowest BCUT2D eigenvalue weighted by Crippen LogP contribution is -2.31. The second-order valence-corrected chi connectivity index (χ2v) is 5.65. The van der Waals surface area contributed by atoms with Crippen LogP contribution in [0.4, 0.5) is 27.5 Å². The Balaban J connectivity index is 0.00000140. The van der Waals surface area contributed by atoms with Crippen molar-refractivity contribution >= 4 is 29.0 Å². The highest BCUT2D eigenvalue weighted by atomic mass is 19.1. The highest BCUT2D eigenvalue weighted by Gasteiger charge is 2.18. The van der Waals surface area contributed by atoms with Crippen molar-refractivity contribution in [1.82, 2.24) is 21.5 Å². The Labute approximate surface area is 158 Å². The van der Waals surface area contributed by atoms with Gasteiger partial charge in [0.2, 0.25) is 5.95 Å². The normalized spacial score (nSPS) is 11.7. The second-order valence-electron chi connectivity index (χ2n) is 5.65. The maximum absolute atomic E-state index is 13.8. The lowest BCUT2D eigenvalue weighted by atomic mass is 10.2. The van der Waals surface area contributed by atoms with E-state index in [2.05, 4.69) is 31.0 Å². The molecular weight excluding hydrogens is 347 g/mol. The van der Waals surface area contributed by atoms with Crippen LogP contribution in [-0.4, -0.2) is 15.8 Å². The van der Waals surface area contributed by atoms with Gasteiger partial charge in [0.25, 0.3) is 0 Å². The predicted molar refractivity (Wildman–Crippen MR) is 108 cm³/mol. The number of hydrogen-bond donors (Lipinski definition) is 5. The van der Waals surface area contributed by atoms with Gasteiger partial charge < -0.3 is 22.2 Å². The van der Waals surface area contributed by atoms with Gasteiger partial charge in [-0.05, 0) is 18.2 Å². The summed E-state index contributed by atoms with van der Waals surface area (Å²) in [5.41, 5.74) is 5.30. The highest BCUT2D eigenvalue weighted by Crippen LogP contribution is 2.32. The van der Waals surface area contributed by atoms with Gasteiger partial charge in [-0.25, -0.2) is 20.2 Å². The molecule has 4 rings (SSSR count). The van der Waals surface area contributed by atoms with Gasteiger partial charge in [0.05, 0.1) is 16.9 Å². The summed E-state index contributed by atoms with van der Waals surface area (Å²) >= 11 is 0. The van der Waals surface area contributed by atoms with Crippen LogP contribution in [0.5, 0.6) is 0 Å². The molecule has 8 nitrogen and oxygen atoms in total. The van der Waals surface area contributed by atoms with Crippen molar-refractivity contribution in [3.63, 3.8) is 0 Å². The molecule has 0 saturated heterocycles. The number of rotatable bonds is 3. The van der Waals surface area contributed by atoms with E-state index >= 15 is 0 Å². The summed E-state index contributed by atoms with van der Waals surface area (Å²) in [5, 5.41) is 6.28. The van der Waals surface area contributed by atoms with Crippen LogP contribution >= 0.6 is 0 Å². The number of benzene rings is 2. The van der Waals surface area contributed by atoms with E-state index in [0.717, 1.165) is 11.4 Å². The molecule has 8 N–H and O–H groups in total. The van der Waals surface area contributed by atoms with E-state index in [4.69, 9.17) is 5.84 Å². The Kier molecular flexibility index (Phi) is 5.25. The van der Waals surface area contributed by atoms with Crippen LogP contribution in [0.2, 0.25) is 0 Å². The minimum atomic E-state index is -0.274. The molecular formula is C18H23FN8. The molecule has 0 atom stereocenters. The molecule has 0 unspecified atom stereocenters. The van der Waals surface area contributed by atoms with Crippen LogP contribution in [-0.2, 0) is 6.54 Å². The molecule has 0 amide bonds. The summed E-state index contributed by atoms with van der Waals surface area (Å²) < 4.78 is 13.8. The van der Waals surface area contributed by atoms with Crippen LogP contribution in [0.25, 0.3) is 0 Å². The summed E-state index contributed by atoms with van der Waals surface area (Å²) in [4.78, 5) is 13.3. The number of aliphatic imine (C=N–C) groups is 1. The van der Waals surface area contributed by atoms with E-state index in [9.17, 15) is 4.39 Å². The van der Waals surface area contributed by atoms with Crippen LogP contribution < -0.4 is 28.1 Å².